The monoisotopic (exact) mass is 432 g/mol. The topological polar surface area (TPSA) is 57.6 Å². The Labute approximate surface area is 184 Å². The van der Waals surface area contributed by atoms with Crippen molar-refractivity contribution in [2.45, 2.75) is 46.0 Å². The van der Waals surface area contributed by atoms with Crippen molar-refractivity contribution >= 4 is 33.4 Å². The molecule has 2 amide bonds. The van der Waals surface area contributed by atoms with Crippen LogP contribution >= 0.6 is 11.3 Å². The van der Waals surface area contributed by atoms with Crippen LogP contribution in [0, 0.1) is 5.92 Å². The first-order valence-corrected chi connectivity index (χ1v) is 12.2. The van der Waals surface area contributed by atoms with Crippen LogP contribution in [-0.4, -0.2) is 65.4 Å². The van der Waals surface area contributed by atoms with Crippen LogP contribution in [0.5, 0.6) is 0 Å². The van der Waals surface area contributed by atoms with Gasteiger partial charge < -0.3 is 19.7 Å². The average Bonchev–Trinajstić information content (AvgIpc) is 3.35. The average molecular weight is 433 g/mol. The summed E-state index contributed by atoms with van der Waals surface area (Å²) < 4.78 is 3.12. The molecule has 2 aromatic rings. The number of hydrogen-bond donors (Lipinski definition) is 1. The minimum absolute atomic E-state index is 0.0216. The number of nitrogens with zero attached hydrogens (tertiary/aromatic N) is 3. The fourth-order valence-electron chi connectivity index (χ4n) is 4.23. The number of aromatic nitrogens is 1. The molecule has 0 atom stereocenters. The number of fused-ring (bicyclic) bond motifs is 1. The van der Waals surface area contributed by atoms with E-state index in [1.165, 1.54) is 12.8 Å². The Bertz CT molecular complexity index is 835. The van der Waals surface area contributed by atoms with E-state index < -0.39 is 0 Å². The van der Waals surface area contributed by atoms with Gasteiger partial charge in [-0.15, -0.1) is 11.3 Å². The molecule has 1 N–H and O–H groups in total. The highest BCUT2D eigenvalue weighted by Gasteiger charge is 2.29. The van der Waals surface area contributed by atoms with Crippen LogP contribution in [0.1, 0.15) is 56.4 Å². The summed E-state index contributed by atoms with van der Waals surface area (Å²) in [5.41, 5.74) is 1.84. The van der Waals surface area contributed by atoms with Crippen LogP contribution in [-0.2, 0) is 11.8 Å². The molecule has 7 heteroatoms. The van der Waals surface area contributed by atoms with Gasteiger partial charge in [0, 0.05) is 32.6 Å². The van der Waals surface area contributed by atoms with Gasteiger partial charge in [0.25, 0.3) is 5.91 Å². The van der Waals surface area contributed by atoms with E-state index in [9.17, 15) is 9.59 Å². The molecule has 3 heterocycles. The standard InChI is InChI=1S/C23H36N4O2S/c1-4-6-12-26(5-2)13-7-11-24-22(28)18-8-14-27(15-9-18)23(29)20-17-21-19(25(20)3)10-16-30-21/h10,16-18H,4-9,11-15H2,1-3H3,(H,24,28). The third-order valence-electron chi connectivity index (χ3n) is 6.26. The Kier molecular flexibility index (Phi) is 8.33. The lowest BCUT2D eigenvalue weighted by molar-refractivity contribution is -0.126. The van der Waals surface area contributed by atoms with Gasteiger partial charge in [-0.2, -0.15) is 0 Å². The molecule has 0 aliphatic carbocycles. The zero-order valence-corrected chi connectivity index (χ0v) is 19.5. The van der Waals surface area contributed by atoms with E-state index in [1.807, 2.05) is 28.0 Å². The molecule has 1 saturated heterocycles. The molecule has 0 spiro atoms. The number of carbonyl (C=O) groups excluding carboxylic acids is 2. The zero-order valence-electron chi connectivity index (χ0n) is 18.7. The fraction of sp³-hybridized carbons (Fsp3) is 0.652. The summed E-state index contributed by atoms with van der Waals surface area (Å²) in [6.07, 6.45) is 4.93. The summed E-state index contributed by atoms with van der Waals surface area (Å²) in [6.45, 7) is 9.70. The summed E-state index contributed by atoms with van der Waals surface area (Å²) in [5, 5.41) is 5.16. The summed E-state index contributed by atoms with van der Waals surface area (Å²) in [4.78, 5) is 29.8. The van der Waals surface area contributed by atoms with E-state index in [4.69, 9.17) is 0 Å². The molecule has 1 aliphatic rings. The van der Waals surface area contributed by atoms with Crippen LogP contribution in [0.3, 0.4) is 0 Å². The second-order valence-electron chi connectivity index (χ2n) is 8.26. The molecular formula is C23H36N4O2S. The molecule has 3 rings (SSSR count). The van der Waals surface area contributed by atoms with Crippen molar-refractivity contribution in [3.63, 3.8) is 0 Å². The van der Waals surface area contributed by atoms with Crippen LogP contribution in [0.4, 0.5) is 0 Å². The van der Waals surface area contributed by atoms with Crippen LogP contribution in [0.15, 0.2) is 17.5 Å². The van der Waals surface area contributed by atoms with E-state index >= 15 is 0 Å². The van der Waals surface area contributed by atoms with Gasteiger partial charge in [-0.25, -0.2) is 0 Å². The maximum atomic E-state index is 12.9. The van der Waals surface area contributed by atoms with E-state index in [0.29, 0.717) is 13.1 Å². The molecule has 0 bridgehead atoms. The number of hydrogen-bond acceptors (Lipinski definition) is 4. The molecular weight excluding hydrogens is 396 g/mol. The van der Waals surface area contributed by atoms with Crippen molar-refractivity contribution < 1.29 is 9.59 Å². The molecule has 2 aromatic heterocycles. The predicted molar refractivity (Wildman–Crippen MR) is 124 cm³/mol. The summed E-state index contributed by atoms with van der Waals surface area (Å²) >= 11 is 1.66. The highest BCUT2D eigenvalue weighted by molar-refractivity contribution is 7.17. The van der Waals surface area contributed by atoms with Gasteiger partial charge in [0.15, 0.2) is 0 Å². The van der Waals surface area contributed by atoms with Crippen LogP contribution in [0.2, 0.25) is 0 Å². The minimum Gasteiger partial charge on any atom is -0.356 e. The zero-order chi connectivity index (χ0) is 21.5. The molecule has 0 unspecified atom stereocenters. The van der Waals surface area contributed by atoms with Gasteiger partial charge in [-0.05, 0) is 62.8 Å². The van der Waals surface area contributed by atoms with E-state index in [2.05, 4.69) is 30.1 Å². The van der Waals surface area contributed by atoms with Crippen LogP contribution < -0.4 is 5.32 Å². The number of thiophene rings is 1. The first kappa shape index (κ1) is 22.8. The Morgan fingerprint density at radius 3 is 2.60 bits per heavy atom. The maximum Gasteiger partial charge on any atom is 0.270 e. The quantitative estimate of drug-likeness (QED) is 0.582. The Morgan fingerprint density at radius 2 is 1.93 bits per heavy atom. The summed E-state index contributed by atoms with van der Waals surface area (Å²) in [5.74, 6) is 0.248. The first-order valence-electron chi connectivity index (χ1n) is 11.4. The number of amides is 2. The highest BCUT2D eigenvalue weighted by Crippen LogP contribution is 2.26. The number of unbranched alkanes of at least 4 members (excludes halogenated alkanes) is 1. The van der Waals surface area contributed by atoms with Crippen molar-refractivity contribution in [2.24, 2.45) is 13.0 Å². The SMILES string of the molecule is CCCCN(CC)CCCNC(=O)C1CCN(C(=O)c2cc3sccc3n2C)CC1. The van der Waals surface area contributed by atoms with Gasteiger partial charge in [-0.1, -0.05) is 20.3 Å². The van der Waals surface area contributed by atoms with Crippen molar-refractivity contribution in [3.8, 4) is 0 Å². The minimum atomic E-state index is 0.0216. The van der Waals surface area contributed by atoms with Crippen LogP contribution in [0.25, 0.3) is 10.2 Å². The second kappa shape index (κ2) is 11.0. The molecule has 0 radical (unpaired) electrons. The molecule has 6 nitrogen and oxygen atoms in total. The first-order chi connectivity index (χ1) is 14.5. The fourth-order valence-corrected chi connectivity index (χ4v) is 5.08. The third-order valence-corrected chi connectivity index (χ3v) is 7.11. The molecule has 1 aliphatic heterocycles. The number of aryl methyl sites for hydroxylation is 1. The lowest BCUT2D eigenvalue weighted by atomic mass is 9.95. The summed E-state index contributed by atoms with van der Waals surface area (Å²) in [6, 6.07) is 4.04. The van der Waals surface area contributed by atoms with Crippen molar-refractivity contribution in [2.75, 3.05) is 39.3 Å². The highest BCUT2D eigenvalue weighted by atomic mass is 32.1. The van der Waals surface area contributed by atoms with Gasteiger partial charge in [0.1, 0.15) is 5.69 Å². The number of nitrogens with one attached hydrogen (secondary N) is 1. The number of likely N-dealkylation sites (tertiary alicyclic amines) is 1. The number of piperidine rings is 1. The van der Waals surface area contributed by atoms with E-state index in [0.717, 1.165) is 61.4 Å². The van der Waals surface area contributed by atoms with Crippen molar-refractivity contribution in [3.05, 3.63) is 23.2 Å². The van der Waals surface area contributed by atoms with Gasteiger partial charge in [0.05, 0.1) is 10.2 Å². The lowest BCUT2D eigenvalue weighted by Crippen LogP contribution is -2.43. The summed E-state index contributed by atoms with van der Waals surface area (Å²) in [7, 11) is 1.95. The Balaban J connectivity index is 1.40. The molecule has 166 valence electrons. The third kappa shape index (κ3) is 5.43. The van der Waals surface area contributed by atoms with E-state index in [-0.39, 0.29) is 17.7 Å². The molecule has 30 heavy (non-hydrogen) atoms. The van der Waals surface area contributed by atoms with Crippen molar-refractivity contribution in [1.82, 2.24) is 19.7 Å². The number of rotatable bonds is 10. The van der Waals surface area contributed by atoms with Gasteiger partial charge in [0.2, 0.25) is 5.91 Å². The van der Waals surface area contributed by atoms with E-state index in [1.54, 1.807) is 11.3 Å². The Hall–Kier alpha value is -1.86. The largest absolute Gasteiger partial charge is 0.356 e. The second-order valence-corrected chi connectivity index (χ2v) is 9.21. The maximum absolute atomic E-state index is 12.9. The van der Waals surface area contributed by atoms with Gasteiger partial charge in [-0.3, -0.25) is 9.59 Å². The molecule has 1 fully saturated rings. The number of carbonyl (C=O) groups is 2. The lowest BCUT2D eigenvalue weighted by Gasteiger charge is -2.31. The Morgan fingerprint density at radius 1 is 1.20 bits per heavy atom. The molecule has 0 saturated carbocycles. The normalized spacial score (nSPS) is 15.3. The predicted octanol–water partition coefficient (Wildman–Crippen LogP) is 3.72. The smallest absolute Gasteiger partial charge is 0.270 e. The van der Waals surface area contributed by atoms with Gasteiger partial charge >= 0.3 is 0 Å². The van der Waals surface area contributed by atoms with Crippen molar-refractivity contribution in [1.29, 1.82) is 0 Å². The molecule has 0 aromatic carbocycles.